The van der Waals surface area contributed by atoms with E-state index >= 15 is 0 Å². The van der Waals surface area contributed by atoms with Crippen LogP contribution in [0.15, 0.2) is 6.07 Å². The van der Waals surface area contributed by atoms with Crippen molar-refractivity contribution in [2.24, 2.45) is 5.84 Å². The maximum atomic E-state index is 5.42. The summed E-state index contributed by atoms with van der Waals surface area (Å²) >= 11 is 0. The number of rotatable bonds is 7. The van der Waals surface area contributed by atoms with E-state index in [1.807, 2.05) is 13.0 Å². The van der Waals surface area contributed by atoms with E-state index in [9.17, 15) is 0 Å². The summed E-state index contributed by atoms with van der Waals surface area (Å²) in [5, 5.41) is 0. The standard InChI is InChI=1S/C13H23N5/c1-3-4-7-18(11-5-6-11)9-13-15-10(2)8-12(16-13)17-14/h8,11H,3-7,9,14H2,1-2H3,(H,15,16,17). The first-order valence-electron chi connectivity index (χ1n) is 6.78. The molecule has 1 aromatic heterocycles. The van der Waals surface area contributed by atoms with Gasteiger partial charge < -0.3 is 5.43 Å². The van der Waals surface area contributed by atoms with Gasteiger partial charge in [0.2, 0.25) is 0 Å². The minimum absolute atomic E-state index is 0.698. The molecule has 100 valence electrons. The van der Waals surface area contributed by atoms with Gasteiger partial charge in [-0.3, -0.25) is 4.90 Å². The van der Waals surface area contributed by atoms with Crippen LogP contribution in [0.25, 0.3) is 0 Å². The van der Waals surface area contributed by atoms with E-state index in [0.29, 0.717) is 5.82 Å². The van der Waals surface area contributed by atoms with Gasteiger partial charge in [-0.25, -0.2) is 15.8 Å². The predicted octanol–water partition coefficient (Wildman–Crippen LogP) is 1.84. The number of anilines is 1. The summed E-state index contributed by atoms with van der Waals surface area (Å²) in [6.07, 6.45) is 5.10. The molecule has 5 nitrogen and oxygen atoms in total. The first-order chi connectivity index (χ1) is 8.72. The van der Waals surface area contributed by atoms with E-state index in [2.05, 4.69) is 27.2 Å². The van der Waals surface area contributed by atoms with E-state index in [0.717, 1.165) is 30.6 Å². The molecule has 18 heavy (non-hydrogen) atoms. The number of nitrogens with one attached hydrogen (secondary N) is 1. The van der Waals surface area contributed by atoms with Gasteiger partial charge >= 0.3 is 0 Å². The Morgan fingerprint density at radius 2 is 2.22 bits per heavy atom. The molecule has 5 heteroatoms. The molecule has 1 saturated carbocycles. The molecule has 1 aromatic rings. The van der Waals surface area contributed by atoms with E-state index in [4.69, 9.17) is 5.84 Å². The minimum atomic E-state index is 0.698. The molecule has 0 aliphatic heterocycles. The van der Waals surface area contributed by atoms with Crippen molar-refractivity contribution in [3.8, 4) is 0 Å². The molecule has 0 unspecified atom stereocenters. The molecule has 0 atom stereocenters. The summed E-state index contributed by atoms with van der Waals surface area (Å²) < 4.78 is 0. The Bertz CT molecular complexity index is 389. The summed E-state index contributed by atoms with van der Waals surface area (Å²) in [6.45, 7) is 6.18. The van der Waals surface area contributed by atoms with Crippen LogP contribution < -0.4 is 11.3 Å². The van der Waals surface area contributed by atoms with Gasteiger partial charge in [-0.2, -0.15) is 0 Å². The molecular formula is C13H23N5. The number of nitrogens with two attached hydrogens (primary N) is 1. The Morgan fingerprint density at radius 3 is 2.83 bits per heavy atom. The van der Waals surface area contributed by atoms with Crippen molar-refractivity contribution in [3.63, 3.8) is 0 Å². The molecule has 0 saturated heterocycles. The zero-order chi connectivity index (χ0) is 13.0. The average Bonchev–Trinajstić information content (AvgIpc) is 3.18. The van der Waals surface area contributed by atoms with Crippen molar-refractivity contribution in [3.05, 3.63) is 17.6 Å². The molecule has 1 aliphatic carbocycles. The highest BCUT2D eigenvalue weighted by molar-refractivity contribution is 5.33. The molecule has 0 aromatic carbocycles. The van der Waals surface area contributed by atoms with Crippen molar-refractivity contribution < 1.29 is 0 Å². The average molecular weight is 249 g/mol. The van der Waals surface area contributed by atoms with Gasteiger partial charge in [0.1, 0.15) is 11.6 Å². The van der Waals surface area contributed by atoms with Crippen LogP contribution in [0.4, 0.5) is 5.82 Å². The van der Waals surface area contributed by atoms with E-state index in [1.54, 1.807) is 0 Å². The second kappa shape index (κ2) is 6.11. The molecule has 3 N–H and O–H groups in total. The third-order valence-corrected chi connectivity index (χ3v) is 3.26. The summed E-state index contributed by atoms with van der Waals surface area (Å²) in [5.41, 5.74) is 3.56. The Hall–Kier alpha value is -1.20. The first kappa shape index (κ1) is 13.2. The zero-order valence-corrected chi connectivity index (χ0v) is 11.3. The molecule has 0 amide bonds. The predicted molar refractivity (Wildman–Crippen MR) is 72.9 cm³/mol. The Labute approximate surface area is 109 Å². The number of hydrazine groups is 1. The number of aryl methyl sites for hydroxylation is 1. The number of hydrogen-bond acceptors (Lipinski definition) is 5. The molecule has 1 aliphatic rings. The van der Waals surface area contributed by atoms with E-state index in [-0.39, 0.29) is 0 Å². The SMILES string of the molecule is CCCCN(Cc1nc(C)cc(NN)n1)C1CC1. The number of unbranched alkanes of at least 4 members (excludes halogenated alkanes) is 1. The molecule has 1 heterocycles. The second-order valence-corrected chi connectivity index (χ2v) is 5.01. The lowest BCUT2D eigenvalue weighted by atomic mass is 10.3. The van der Waals surface area contributed by atoms with E-state index < -0.39 is 0 Å². The lowest BCUT2D eigenvalue weighted by molar-refractivity contribution is 0.244. The lowest BCUT2D eigenvalue weighted by Gasteiger charge is -2.21. The highest BCUT2D eigenvalue weighted by atomic mass is 15.3. The van der Waals surface area contributed by atoms with Crippen LogP contribution in [0.1, 0.15) is 44.1 Å². The summed E-state index contributed by atoms with van der Waals surface area (Å²) in [6, 6.07) is 2.60. The second-order valence-electron chi connectivity index (χ2n) is 5.01. The fraction of sp³-hybridized carbons (Fsp3) is 0.692. The molecule has 0 radical (unpaired) electrons. The van der Waals surface area contributed by atoms with Gasteiger partial charge in [0.25, 0.3) is 0 Å². The van der Waals surface area contributed by atoms with Gasteiger partial charge in [0.15, 0.2) is 0 Å². The lowest BCUT2D eigenvalue weighted by Crippen LogP contribution is -2.28. The normalized spacial score (nSPS) is 15.1. The molecule has 0 spiro atoms. The monoisotopic (exact) mass is 249 g/mol. The van der Waals surface area contributed by atoms with Crippen LogP contribution >= 0.6 is 0 Å². The van der Waals surface area contributed by atoms with Gasteiger partial charge in [0, 0.05) is 17.8 Å². The smallest absolute Gasteiger partial charge is 0.145 e. The van der Waals surface area contributed by atoms with Crippen LogP contribution in [-0.2, 0) is 6.54 Å². The molecule has 0 bridgehead atoms. The maximum Gasteiger partial charge on any atom is 0.145 e. The highest BCUT2D eigenvalue weighted by Crippen LogP contribution is 2.28. The van der Waals surface area contributed by atoms with Crippen molar-refractivity contribution in [1.82, 2.24) is 14.9 Å². The van der Waals surface area contributed by atoms with Gasteiger partial charge in [-0.1, -0.05) is 13.3 Å². The largest absolute Gasteiger partial charge is 0.308 e. The van der Waals surface area contributed by atoms with Crippen LogP contribution in [0, 0.1) is 6.92 Å². The zero-order valence-electron chi connectivity index (χ0n) is 11.3. The fourth-order valence-electron chi connectivity index (χ4n) is 2.15. The van der Waals surface area contributed by atoms with Crippen molar-refractivity contribution >= 4 is 5.82 Å². The van der Waals surface area contributed by atoms with Crippen molar-refractivity contribution in [1.29, 1.82) is 0 Å². The summed E-state index contributed by atoms with van der Waals surface area (Å²) in [7, 11) is 0. The molecule has 1 fully saturated rings. The Morgan fingerprint density at radius 1 is 1.44 bits per heavy atom. The van der Waals surface area contributed by atoms with Crippen LogP contribution in [0.5, 0.6) is 0 Å². The van der Waals surface area contributed by atoms with Gasteiger partial charge in [0.05, 0.1) is 6.54 Å². The van der Waals surface area contributed by atoms with Crippen LogP contribution in [-0.4, -0.2) is 27.5 Å². The third kappa shape index (κ3) is 3.65. The first-order valence-corrected chi connectivity index (χ1v) is 6.78. The quantitative estimate of drug-likeness (QED) is 0.570. The topological polar surface area (TPSA) is 67.1 Å². The summed E-state index contributed by atoms with van der Waals surface area (Å²) in [4.78, 5) is 11.4. The Balaban J connectivity index is 2.03. The maximum absolute atomic E-state index is 5.42. The van der Waals surface area contributed by atoms with E-state index in [1.165, 1.54) is 25.7 Å². The number of nitrogen functional groups attached to an aromatic ring is 1. The van der Waals surface area contributed by atoms with Gasteiger partial charge in [-0.15, -0.1) is 0 Å². The minimum Gasteiger partial charge on any atom is -0.308 e. The van der Waals surface area contributed by atoms with Crippen molar-refractivity contribution in [2.75, 3.05) is 12.0 Å². The van der Waals surface area contributed by atoms with Crippen LogP contribution in [0.3, 0.4) is 0 Å². The highest BCUT2D eigenvalue weighted by Gasteiger charge is 2.29. The number of aromatic nitrogens is 2. The number of nitrogens with zero attached hydrogens (tertiary/aromatic N) is 3. The van der Waals surface area contributed by atoms with Crippen molar-refractivity contribution in [2.45, 2.75) is 52.1 Å². The Kier molecular flexibility index (Phi) is 4.49. The fourth-order valence-corrected chi connectivity index (χ4v) is 2.15. The van der Waals surface area contributed by atoms with Gasteiger partial charge in [-0.05, 0) is 32.7 Å². The molecule has 2 rings (SSSR count). The molecular weight excluding hydrogens is 226 g/mol. The van der Waals surface area contributed by atoms with Crippen LogP contribution in [0.2, 0.25) is 0 Å². The number of hydrogen-bond donors (Lipinski definition) is 2. The third-order valence-electron chi connectivity index (χ3n) is 3.26. The summed E-state index contributed by atoms with van der Waals surface area (Å²) in [5.74, 6) is 6.98.